The first-order valence-electron chi connectivity index (χ1n) is 6.28. The van der Waals surface area contributed by atoms with Crippen molar-refractivity contribution in [1.82, 2.24) is 9.97 Å². The zero-order valence-corrected chi connectivity index (χ0v) is 12.0. The van der Waals surface area contributed by atoms with Gasteiger partial charge in [-0.2, -0.15) is 9.97 Å². The lowest BCUT2D eigenvalue weighted by atomic mass is 9.94. The van der Waals surface area contributed by atoms with Crippen LogP contribution in [0.25, 0.3) is 10.9 Å². The van der Waals surface area contributed by atoms with Crippen LogP contribution >= 0.6 is 0 Å². The lowest BCUT2D eigenvalue weighted by molar-refractivity contribution is -0.109. The van der Waals surface area contributed by atoms with Crippen LogP contribution in [0.3, 0.4) is 0 Å². The van der Waals surface area contributed by atoms with Gasteiger partial charge in [-0.05, 0) is 56.9 Å². The normalized spacial score (nSPS) is 10.8. The molecule has 0 amide bonds. The quantitative estimate of drug-likeness (QED) is 0.794. The first kappa shape index (κ1) is 13.5. The number of aromatic nitrogens is 2. The van der Waals surface area contributed by atoms with E-state index < -0.39 is 0 Å². The molecule has 0 N–H and O–H groups in total. The van der Waals surface area contributed by atoms with Crippen molar-refractivity contribution >= 4 is 17.2 Å². The summed E-state index contributed by atoms with van der Waals surface area (Å²) in [7, 11) is 0. The van der Waals surface area contributed by atoms with Crippen LogP contribution in [-0.4, -0.2) is 22.9 Å². The molecule has 0 unspecified atom stereocenters. The Hall–Kier alpha value is -1.97. The van der Waals surface area contributed by atoms with Crippen LogP contribution in [0, 0.1) is 34.6 Å². The SMILES string of the molecule is Cc1c(C)c(C)c2c(C)nc(OCC=O)nc2c1C. The number of nitrogens with zero attached hydrogens (tertiary/aromatic N) is 2. The van der Waals surface area contributed by atoms with Gasteiger partial charge in [0.15, 0.2) is 6.29 Å². The summed E-state index contributed by atoms with van der Waals surface area (Å²) in [5.74, 6) is 0. The van der Waals surface area contributed by atoms with E-state index in [1.165, 1.54) is 16.7 Å². The van der Waals surface area contributed by atoms with Gasteiger partial charge in [0.1, 0.15) is 6.61 Å². The van der Waals surface area contributed by atoms with Crippen molar-refractivity contribution in [1.29, 1.82) is 0 Å². The molecule has 0 radical (unpaired) electrons. The van der Waals surface area contributed by atoms with Crippen LogP contribution in [0.15, 0.2) is 0 Å². The number of ether oxygens (including phenoxy) is 1. The second kappa shape index (κ2) is 4.96. The van der Waals surface area contributed by atoms with Crippen molar-refractivity contribution in [2.24, 2.45) is 0 Å². The Kier molecular flexibility index (Phi) is 3.51. The number of aryl methyl sites for hydroxylation is 3. The largest absolute Gasteiger partial charge is 0.456 e. The van der Waals surface area contributed by atoms with Crippen LogP contribution in [0.5, 0.6) is 6.01 Å². The molecule has 1 aromatic carbocycles. The van der Waals surface area contributed by atoms with Crippen LogP contribution in [-0.2, 0) is 4.79 Å². The number of hydrogen-bond donors (Lipinski definition) is 0. The molecular formula is C15H18N2O2. The highest BCUT2D eigenvalue weighted by atomic mass is 16.5. The van der Waals surface area contributed by atoms with Crippen molar-refractivity contribution < 1.29 is 9.53 Å². The van der Waals surface area contributed by atoms with Gasteiger partial charge in [0.2, 0.25) is 0 Å². The molecule has 0 saturated heterocycles. The zero-order valence-electron chi connectivity index (χ0n) is 12.0. The molecule has 0 aliphatic heterocycles. The monoisotopic (exact) mass is 258 g/mol. The molecule has 0 aliphatic rings. The van der Waals surface area contributed by atoms with Gasteiger partial charge in [0.25, 0.3) is 0 Å². The van der Waals surface area contributed by atoms with Gasteiger partial charge in [-0.3, -0.25) is 4.79 Å². The minimum atomic E-state index is -0.0200. The first-order chi connectivity index (χ1) is 8.97. The second-order valence-electron chi connectivity index (χ2n) is 4.79. The van der Waals surface area contributed by atoms with E-state index in [9.17, 15) is 4.79 Å². The Morgan fingerprint density at radius 2 is 1.58 bits per heavy atom. The Bertz CT molecular complexity index is 663. The maximum atomic E-state index is 10.4. The zero-order chi connectivity index (χ0) is 14.2. The Labute approximate surface area is 112 Å². The summed E-state index contributed by atoms with van der Waals surface area (Å²) in [4.78, 5) is 19.1. The molecule has 1 aromatic heterocycles. The molecule has 0 aliphatic carbocycles. The van der Waals surface area contributed by atoms with Crippen LogP contribution in [0.1, 0.15) is 27.9 Å². The molecule has 4 nitrogen and oxygen atoms in total. The lowest BCUT2D eigenvalue weighted by Crippen LogP contribution is -2.05. The smallest absolute Gasteiger partial charge is 0.317 e. The van der Waals surface area contributed by atoms with Crippen molar-refractivity contribution in [3.63, 3.8) is 0 Å². The number of carbonyl (C=O) groups excluding carboxylic acids is 1. The van der Waals surface area contributed by atoms with Crippen LogP contribution in [0.4, 0.5) is 0 Å². The summed E-state index contributed by atoms with van der Waals surface area (Å²) in [5, 5.41) is 1.08. The summed E-state index contributed by atoms with van der Waals surface area (Å²) >= 11 is 0. The van der Waals surface area contributed by atoms with Gasteiger partial charge in [0, 0.05) is 5.39 Å². The molecule has 2 aromatic rings. The van der Waals surface area contributed by atoms with Crippen molar-refractivity contribution in [3.05, 3.63) is 27.9 Å². The highest BCUT2D eigenvalue weighted by Crippen LogP contribution is 2.30. The fourth-order valence-corrected chi connectivity index (χ4v) is 2.37. The predicted molar refractivity (Wildman–Crippen MR) is 74.8 cm³/mol. The summed E-state index contributed by atoms with van der Waals surface area (Å²) in [5.41, 5.74) is 6.66. The Morgan fingerprint density at radius 3 is 2.21 bits per heavy atom. The van der Waals surface area contributed by atoms with E-state index in [4.69, 9.17) is 4.74 Å². The number of rotatable bonds is 3. The minimum Gasteiger partial charge on any atom is -0.456 e. The molecule has 0 atom stereocenters. The Morgan fingerprint density at radius 1 is 0.947 bits per heavy atom. The van der Waals surface area contributed by atoms with E-state index in [-0.39, 0.29) is 12.6 Å². The standard InChI is InChI=1S/C15H18N2O2/c1-8-9(2)11(4)14-13(10(8)3)12(5)16-15(17-14)19-7-6-18/h6H,7H2,1-5H3. The van der Waals surface area contributed by atoms with E-state index in [0.717, 1.165) is 22.2 Å². The number of hydrogen-bond acceptors (Lipinski definition) is 4. The molecular weight excluding hydrogens is 240 g/mol. The average molecular weight is 258 g/mol. The third-order valence-electron chi connectivity index (χ3n) is 3.77. The number of benzene rings is 1. The average Bonchev–Trinajstić information content (AvgIpc) is 2.39. The van der Waals surface area contributed by atoms with Gasteiger partial charge in [0.05, 0.1) is 11.2 Å². The van der Waals surface area contributed by atoms with Gasteiger partial charge in [-0.1, -0.05) is 0 Å². The van der Waals surface area contributed by atoms with Gasteiger partial charge in [-0.25, -0.2) is 0 Å². The minimum absolute atomic E-state index is 0.0200. The number of carbonyl (C=O) groups is 1. The highest BCUT2D eigenvalue weighted by Gasteiger charge is 2.14. The predicted octanol–water partition coefficient (Wildman–Crippen LogP) is 2.75. The highest BCUT2D eigenvalue weighted by molar-refractivity contribution is 5.89. The van der Waals surface area contributed by atoms with E-state index in [0.29, 0.717) is 6.29 Å². The van der Waals surface area contributed by atoms with Crippen LogP contribution < -0.4 is 4.74 Å². The fourth-order valence-electron chi connectivity index (χ4n) is 2.37. The molecule has 0 saturated carbocycles. The van der Waals surface area contributed by atoms with E-state index in [1.54, 1.807) is 0 Å². The summed E-state index contributed by atoms with van der Waals surface area (Å²) in [6.07, 6.45) is 0.696. The van der Waals surface area contributed by atoms with Gasteiger partial charge < -0.3 is 4.74 Å². The van der Waals surface area contributed by atoms with E-state index >= 15 is 0 Å². The number of aldehydes is 1. The fraction of sp³-hybridized carbons (Fsp3) is 0.400. The molecule has 0 bridgehead atoms. The van der Waals surface area contributed by atoms with Crippen molar-refractivity contribution in [2.45, 2.75) is 34.6 Å². The first-order valence-corrected chi connectivity index (χ1v) is 6.28. The Balaban J connectivity index is 2.77. The molecule has 0 fully saturated rings. The summed E-state index contributed by atoms with van der Waals surface area (Å²) in [6, 6.07) is 0.267. The topological polar surface area (TPSA) is 52.1 Å². The van der Waals surface area contributed by atoms with Gasteiger partial charge >= 0.3 is 6.01 Å². The molecule has 1 heterocycles. The summed E-state index contributed by atoms with van der Waals surface area (Å²) in [6.45, 7) is 10.3. The maximum absolute atomic E-state index is 10.4. The maximum Gasteiger partial charge on any atom is 0.317 e. The van der Waals surface area contributed by atoms with E-state index in [2.05, 4.69) is 37.7 Å². The third-order valence-corrected chi connectivity index (χ3v) is 3.77. The van der Waals surface area contributed by atoms with E-state index in [1.807, 2.05) is 6.92 Å². The second-order valence-corrected chi connectivity index (χ2v) is 4.79. The molecule has 19 heavy (non-hydrogen) atoms. The van der Waals surface area contributed by atoms with Crippen molar-refractivity contribution in [3.8, 4) is 6.01 Å². The third kappa shape index (κ3) is 2.18. The lowest BCUT2D eigenvalue weighted by Gasteiger charge is -2.15. The molecule has 0 spiro atoms. The summed E-state index contributed by atoms with van der Waals surface area (Å²) < 4.78 is 5.22. The van der Waals surface area contributed by atoms with Crippen LogP contribution in [0.2, 0.25) is 0 Å². The molecule has 4 heteroatoms. The van der Waals surface area contributed by atoms with Gasteiger partial charge in [-0.15, -0.1) is 0 Å². The van der Waals surface area contributed by atoms with Crippen molar-refractivity contribution in [2.75, 3.05) is 6.61 Å². The number of fused-ring (bicyclic) bond motifs is 1. The molecule has 100 valence electrons. The molecule has 2 rings (SSSR count).